The Kier molecular flexibility index (Phi) is 5.24. The minimum absolute atomic E-state index is 0.261. The first-order valence-corrected chi connectivity index (χ1v) is 8.07. The summed E-state index contributed by atoms with van der Waals surface area (Å²) < 4.78 is 0. The molecule has 1 aliphatic heterocycles. The van der Waals surface area contributed by atoms with E-state index in [2.05, 4.69) is 23.2 Å². The second kappa shape index (κ2) is 6.72. The highest BCUT2D eigenvalue weighted by atomic mass is 15.2. The zero-order valence-corrected chi connectivity index (χ0v) is 12.6. The van der Waals surface area contributed by atoms with Crippen LogP contribution in [-0.4, -0.2) is 36.6 Å². The van der Waals surface area contributed by atoms with Gasteiger partial charge in [0.05, 0.1) is 6.07 Å². The molecular formula is C16H29N3. The van der Waals surface area contributed by atoms with Gasteiger partial charge in [-0.1, -0.05) is 19.8 Å². The smallest absolute Gasteiger partial charge is 0.108 e. The van der Waals surface area contributed by atoms with E-state index in [4.69, 9.17) is 0 Å². The SMILES string of the molecule is CCCC1CCN(C2CCCC(C#N)(NC)C2)CC1. The number of hydrogen-bond acceptors (Lipinski definition) is 3. The van der Waals surface area contributed by atoms with Crippen LogP contribution >= 0.6 is 0 Å². The van der Waals surface area contributed by atoms with Gasteiger partial charge in [-0.3, -0.25) is 0 Å². The highest BCUT2D eigenvalue weighted by Gasteiger charge is 2.38. The number of rotatable bonds is 4. The average Bonchev–Trinajstić information content (AvgIpc) is 2.48. The van der Waals surface area contributed by atoms with Crippen molar-refractivity contribution in [2.24, 2.45) is 5.92 Å². The molecule has 1 saturated heterocycles. The second-order valence-corrected chi connectivity index (χ2v) is 6.46. The molecule has 1 aliphatic carbocycles. The monoisotopic (exact) mass is 263 g/mol. The number of piperidine rings is 1. The lowest BCUT2D eigenvalue weighted by Gasteiger charge is -2.43. The Morgan fingerprint density at radius 2 is 2.05 bits per heavy atom. The van der Waals surface area contributed by atoms with Crippen molar-refractivity contribution in [3.05, 3.63) is 0 Å². The van der Waals surface area contributed by atoms with Gasteiger partial charge in [0.15, 0.2) is 0 Å². The van der Waals surface area contributed by atoms with Gasteiger partial charge in [0.1, 0.15) is 5.54 Å². The van der Waals surface area contributed by atoms with Crippen LogP contribution in [0.3, 0.4) is 0 Å². The van der Waals surface area contributed by atoms with E-state index in [1.54, 1.807) is 0 Å². The van der Waals surface area contributed by atoms with Gasteiger partial charge in [-0.2, -0.15) is 5.26 Å². The maximum Gasteiger partial charge on any atom is 0.108 e. The molecule has 1 saturated carbocycles. The Labute approximate surface area is 118 Å². The van der Waals surface area contributed by atoms with E-state index in [1.807, 2.05) is 7.05 Å². The van der Waals surface area contributed by atoms with Crippen LogP contribution in [0, 0.1) is 17.2 Å². The van der Waals surface area contributed by atoms with Crippen molar-refractivity contribution in [3.8, 4) is 6.07 Å². The van der Waals surface area contributed by atoms with Crippen LogP contribution in [0.4, 0.5) is 0 Å². The first-order valence-electron chi connectivity index (χ1n) is 8.07. The van der Waals surface area contributed by atoms with Gasteiger partial charge in [0.2, 0.25) is 0 Å². The predicted molar refractivity (Wildman–Crippen MR) is 78.9 cm³/mol. The summed E-state index contributed by atoms with van der Waals surface area (Å²) in [4.78, 5) is 2.66. The molecule has 0 aromatic heterocycles. The summed E-state index contributed by atoms with van der Waals surface area (Å²) in [7, 11) is 1.94. The fourth-order valence-electron chi connectivity index (χ4n) is 3.96. The molecule has 1 heterocycles. The Hall–Kier alpha value is -0.590. The summed E-state index contributed by atoms with van der Waals surface area (Å²) >= 11 is 0. The minimum Gasteiger partial charge on any atom is -0.302 e. The van der Waals surface area contributed by atoms with Crippen molar-refractivity contribution in [2.45, 2.75) is 69.9 Å². The van der Waals surface area contributed by atoms with E-state index in [0.717, 1.165) is 18.8 Å². The lowest BCUT2D eigenvalue weighted by molar-refractivity contribution is 0.0834. The van der Waals surface area contributed by atoms with Gasteiger partial charge in [-0.25, -0.2) is 0 Å². The summed E-state index contributed by atoms with van der Waals surface area (Å²) in [6, 6.07) is 3.16. The lowest BCUT2D eigenvalue weighted by atomic mass is 9.78. The number of likely N-dealkylation sites (tertiary alicyclic amines) is 1. The molecule has 2 rings (SSSR count). The normalized spacial score (nSPS) is 34.1. The van der Waals surface area contributed by atoms with Crippen molar-refractivity contribution >= 4 is 0 Å². The maximum absolute atomic E-state index is 9.44. The molecule has 2 atom stereocenters. The molecule has 3 heteroatoms. The summed E-state index contributed by atoms with van der Waals surface area (Å²) in [5.74, 6) is 0.954. The zero-order valence-electron chi connectivity index (χ0n) is 12.6. The molecule has 0 amide bonds. The van der Waals surface area contributed by atoms with Gasteiger partial charge < -0.3 is 10.2 Å². The van der Waals surface area contributed by atoms with Gasteiger partial charge in [0, 0.05) is 6.04 Å². The van der Waals surface area contributed by atoms with Gasteiger partial charge in [-0.05, 0) is 64.6 Å². The number of nitrogens with one attached hydrogen (secondary N) is 1. The molecule has 0 aromatic rings. The van der Waals surface area contributed by atoms with E-state index >= 15 is 0 Å². The quantitative estimate of drug-likeness (QED) is 0.847. The Morgan fingerprint density at radius 3 is 2.63 bits per heavy atom. The van der Waals surface area contributed by atoms with Crippen molar-refractivity contribution in [2.75, 3.05) is 20.1 Å². The third-order valence-electron chi connectivity index (χ3n) is 5.28. The van der Waals surface area contributed by atoms with Crippen LogP contribution in [0.5, 0.6) is 0 Å². The van der Waals surface area contributed by atoms with E-state index in [0.29, 0.717) is 6.04 Å². The fourth-order valence-corrected chi connectivity index (χ4v) is 3.96. The first-order chi connectivity index (χ1) is 9.23. The standard InChI is InChI=1S/C16H29N3/c1-3-5-14-7-10-19(11-8-14)15-6-4-9-16(12-15,13-17)18-2/h14-15,18H,3-12H2,1-2H3. The molecule has 19 heavy (non-hydrogen) atoms. The molecule has 0 spiro atoms. The summed E-state index contributed by atoms with van der Waals surface area (Å²) in [6.07, 6.45) is 9.95. The van der Waals surface area contributed by atoms with E-state index in [9.17, 15) is 5.26 Å². The summed E-state index contributed by atoms with van der Waals surface area (Å²) in [5.41, 5.74) is -0.261. The van der Waals surface area contributed by atoms with Crippen molar-refractivity contribution in [1.29, 1.82) is 5.26 Å². The zero-order chi connectivity index (χ0) is 13.7. The van der Waals surface area contributed by atoms with Crippen molar-refractivity contribution in [3.63, 3.8) is 0 Å². The predicted octanol–water partition coefficient (Wildman–Crippen LogP) is 2.92. The van der Waals surface area contributed by atoms with Gasteiger partial charge in [-0.15, -0.1) is 0 Å². The highest BCUT2D eigenvalue weighted by Crippen LogP contribution is 2.33. The van der Waals surface area contributed by atoms with Crippen LogP contribution < -0.4 is 5.32 Å². The first kappa shape index (κ1) is 14.8. The minimum atomic E-state index is -0.261. The Morgan fingerprint density at radius 1 is 1.32 bits per heavy atom. The molecule has 3 nitrogen and oxygen atoms in total. The van der Waals surface area contributed by atoms with Crippen molar-refractivity contribution in [1.82, 2.24) is 10.2 Å². The fraction of sp³-hybridized carbons (Fsp3) is 0.938. The third kappa shape index (κ3) is 3.49. The summed E-state index contributed by atoms with van der Waals surface area (Å²) in [6.45, 7) is 4.79. The Bertz CT molecular complexity index is 314. The van der Waals surface area contributed by atoms with Gasteiger partial charge >= 0.3 is 0 Å². The molecule has 1 N–H and O–H groups in total. The van der Waals surface area contributed by atoms with E-state index < -0.39 is 0 Å². The topological polar surface area (TPSA) is 39.1 Å². The second-order valence-electron chi connectivity index (χ2n) is 6.46. The van der Waals surface area contributed by atoms with E-state index in [1.165, 1.54) is 51.6 Å². The molecule has 2 aliphatic rings. The average molecular weight is 263 g/mol. The van der Waals surface area contributed by atoms with E-state index in [-0.39, 0.29) is 5.54 Å². The van der Waals surface area contributed by atoms with Crippen LogP contribution in [0.2, 0.25) is 0 Å². The molecule has 108 valence electrons. The van der Waals surface area contributed by atoms with Crippen LogP contribution in [0.15, 0.2) is 0 Å². The van der Waals surface area contributed by atoms with Crippen LogP contribution in [0.1, 0.15) is 58.3 Å². The molecule has 0 aromatic carbocycles. The van der Waals surface area contributed by atoms with Gasteiger partial charge in [0.25, 0.3) is 0 Å². The Balaban J connectivity index is 1.87. The molecular weight excluding hydrogens is 234 g/mol. The third-order valence-corrected chi connectivity index (χ3v) is 5.28. The van der Waals surface area contributed by atoms with Crippen LogP contribution in [0.25, 0.3) is 0 Å². The number of nitrogens with zero attached hydrogens (tertiary/aromatic N) is 2. The largest absolute Gasteiger partial charge is 0.302 e. The summed E-state index contributed by atoms with van der Waals surface area (Å²) in [5, 5.41) is 12.7. The van der Waals surface area contributed by atoms with Crippen LogP contribution in [-0.2, 0) is 0 Å². The maximum atomic E-state index is 9.44. The molecule has 0 radical (unpaired) electrons. The number of nitriles is 1. The molecule has 2 unspecified atom stereocenters. The lowest BCUT2D eigenvalue weighted by Crippen LogP contribution is -2.53. The molecule has 0 bridgehead atoms. The molecule has 2 fully saturated rings. The van der Waals surface area contributed by atoms with Crippen molar-refractivity contribution < 1.29 is 0 Å². The highest BCUT2D eigenvalue weighted by molar-refractivity contribution is 5.10. The number of hydrogen-bond donors (Lipinski definition) is 1.